The van der Waals surface area contributed by atoms with E-state index in [0.29, 0.717) is 31.0 Å². The van der Waals surface area contributed by atoms with Gasteiger partial charge in [0.05, 0.1) is 10.5 Å². The van der Waals surface area contributed by atoms with E-state index in [1.54, 1.807) is 11.0 Å². The van der Waals surface area contributed by atoms with Crippen LogP contribution in [0.1, 0.15) is 23.2 Å². The molecule has 5 nitrogen and oxygen atoms in total. The summed E-state index contributed by atoms with van der Waals surface area (Å²) in [4.78, 5) is 14.1. The molecule has 1 saturated heterocycles. The van der Waals surface area contributed by atoms with Gasteiger partial charge in [-0.25, -0.2) is 17.5 Å². The van der Waals surface area contributed by atoms with Crippen LogP contribution in [0.2, 0.25) is 5.02 Å². The summed E-state index contributed by atoms with van der Waals surface area (Å²) in [6.45, 7) is 0.724. The highest BCUT2D eigenvalue weighted by Crippen LogP contribution is 2.19. The molecule has 0 unspecified atom stereocenters. The van der Waals surface area contributed by atoms with Gasteiger partial charge in [0.15, 0.2) is 0 Å². The summed E-state index contributed by atoms with van der Waals surface area (Å²) in [6.07, 6.45) is 0.931. The lowest BCUT2D eigenvalue weighted by Crippen LogP contribution is -2.46. The Hall–Kier alpha value is -1.96. The Morgan fingerprint density at radius 3 is 2.31 bits per heavy atom. The molecule has 1 aliphatic rings. The Kier molecular flexibility index (Phi) is 5.60. The third kappa shape index (κ3) is 4.23. The van der Waals surface area contributed by atoms with Crippen LogP contribution < -0.4 is 4.72 Å². The lowest BCUT2D eigenvalue weighted by molar-refractivity contribution is 0.0706. The molecule has 2 aromatic carbocycles. The zero-order chi connectivity index (χ0) is 18.7. The number of sulfonamides is 1. The number of carbonyl (C=O) groups excluding carboxylic acids is 1. The molecule has 1 N–H and O–H groups in total. The number of nitrogens with one attached hydrogen (secondary N) is 1. The average Bonchev–Trinajstić information content (AvgIpc) is 2.62. The summed E-state index contributed by atoms with van der Waals surface area (Å²) < 4.78 is 41.2. The third-order valence-electron chi connectivity index (χ3n) is 4.33. The van der Waals surface area contributed by atoms with E-state index in [2.05, 4.69) is 4.72 Å². The standard InChI is InChI=1S/C18H18ClFN2O3S/c19-13-5-7-15(8-6-13)26(24,25)21-14-9-11-22(12-10-14)18(23)16-3-1-2-4-17(16)20/h1-8,14,21H,9-12H2. The molecule has 8 heteroatoms. The second kappa shape index (κ2) is 7.73. The van der Waals surface area contributed by atoms with Gasteiger partial charge in [-0.2, -0.15) is 0 Å². The summed E-state index contributed by atoms with van der Waals surface area (Å²) in [5.74, 6) is -0.926. The number of likely N-dealkylation sites (tertiary alicyclic amines) is 1. The zero-order valence-electron chi connectivity index (χ0n) is 13.9. The molecule has 0 aromatic heterocycles. The highest BCUT2D eigenvalue weighted by atomic mass is 35.5. The summed E-state index contributed by atoms with van der Waals surface area (Å²) in [6, 6.07) is 11.5. The Labute approximate surface area is 156 Å². The Morgan fingerprint density at radius 1 is 1.08 bits per heavy atom. The lowest BCUT2D eigenvalue weighted by atomic mass is 10.0. The first-order valence-electron chi connectivity index (χ1n) is 8.18. The minimum Gasteiger partial charge on any atom is -0.338 e. The first-order chi connectivity index (χ1) is 12.4. The summed E-state index contributed by atoms with van der Waals surface area (Å²) >= 11 is 5.78. The van der Waals surface area contributed by atoms with E-state index >= 15 is 0 Å². The zero-order valence-corrected chi connectivity index (χ0v) is 15.4. The molecule has 1 aliphatic heterocycles. The van der Waals surface area contributed by atoms with E-state index < -0.39 is 15.8 Å². The number of nitrogens with zero attached hydrogens (tertiary/aromatic N) is 1. The number of rotatable bonds is 4. The van der Waals surface area contributed by atoms with Crippen molar-refractivity contribution in [1.29, 1.82) is 0 Å². The SMILES string of the molecule is O=C(c1ccccc1F)N1CCC(NS(=O)(=O)c2ccc(Cl)cc2)CC1. The van der Waals surface area contributed by atoms with Crippen LogP contribution in [0.15, 0.2) is 53.4 Å². The molecule has 138 valence electrons. The van der Waals surface area contributed by atoms with Crippen LogP contribution in [0.3, 0.4) is 0 Å². The Balaban J connectivity index is 1.61. The number of carbonyl (C=O) groups is 1. The van der Waals surface area contributed by atoms with Crippen LogP contribution in [0.5, 0.6) is 0 Å². The molecule has 0 atom stereocenters. The molecular weight excluding hydrogens is 379 g/mol. The average molecular weight is 397 g/mol. The van der Waals surface area contributed by atoms with Crippen LogP contribution in [0, 0.1) is 5.82 Å². The van der Waals surface area contributed by atoms with Gasteiger partial charge in [-0.1, -0.05) is 23.7 Å². The molecule has 1 heterocycles. The van der Waals surface area contributed by atoms with Gasteiger partial charge in [-0.05, 0) is 49.2 Å². The van der Waals surface area contributed by atoms with Crippen LogP contribution in [0.25, 0.3) is 0 Å². The van der Waals surface area contributed by atoms with Crippen molar-refractivity contribution in [1.82, 2.24) is 9.62 Å². The van der Waals surface area contributed by atoms with E-state index in [-0.39, 0.29) is 22.4 Å². The first-order valence-corrected chi connectivity index (χ1v) is 10.0. The number of halogens is 2. The summed E-state index contributed by atoms with van der Waals surface area (Å²) in [7, 11) is -3.65. The smallest absolute Gasteiger partial charge is 0.256 e. The monoisotopic (exact) mass is 396 g/mol. The minimum absolute atomic E-state index is 0.0349. The van der Waals surface area contributed by atoms with E-state index in [9.17, 15) is 17.6 Å². The molecule has 2 aromatic rings. The van der Waals surface area contributed by atoms with Crippen molar-refractivity contribution in [2.24, 2.45) is 0 Å². The van der Waals surface area contributed by atoms with Gasteiger partial charge in [0.2, 0.25) is 10.0 Å². The quantitative estimate of drug-likeness (QED) is 0.863. The van der Waals surface area contributed by atoms with Crippen molar-refractivity contribution in [2.45, 2.75) is 23.8 Å². The molecule has 26 heavy (non-hydrogen) atoms. The highest BCUT2D eigenvalue weighted by Gasteiger charge is 2.28. The largest absolute Gasteiger partial charge is 0.338 e. The number of piperidine rings is 1. The molecule has 0 bridgehead atoms. The van der Waals surface area contributed by atoms with Crippen LogP contribution in [-0.4, -0.2) is 38.4 Å². The predicted octanol–water partition coefficient (Wildman–Crippen LogP) is 3.06. The maximum absolute atomic E-state index is 13.8. The van der Waals surface area contributed by atoms with Gasteiger partial charge in [0.1, 0.15) is 5.82 Å². The second-order valence-electron chi connectivity index (χ2n) is 6.12. The fourth-order valence-electron chi connectivity index (χ4n) is 2.91. The number of hydrogen-bond acceptors (Lipinski definition) is 3. The highest BCUT2D eigenvalue weighted by molar-refractivity contribution is 7.89. The van der Waals surface area contributed by atoms with Crippen molar-refractivity contribution in [2.75, 3.05) is 13.1 Å². The summed E-state index contributed by atoms with van der Waals surface area (Å²) in [5, 5.41) is 0.462. The molecule has 1 amide bonds. The Bertz CT molecular complexity index is 895. The van der Waals surface area contributed by atoms with E-state index in [1.165, 1.54) is 42.5 Å². The normalized spacial score (nSPS) is 15.8. The molecule has 3 rings (SSSR count). The maximum atomic E-state index is 13.8. The van der Waals surface area contributed by atoms with Crippen molar-refractivity contribution in [3.63, 3.8) is 0 Å². The number of benzene rings is 2. The third-order valence-corrected chi connectivity index (χ3v) is 6.12. The maximum Gasteiger partial charge on any atom is 0.256 e. The lowest BCUT2D eigenvalue weighted by Gasteiger charge is -2.32. The van der Waals surface area contributed by atoms with E-state index in [4.69, 9.17) is 11.6 Å². The molecule has 1 fully saturated rings. The topological polar surface area (TPSA) is 66.5 Å². The van der Waals surface area contributed by atoms with Gasteiger partial charge in [0, 0.05) is 24.2 Å². The van der Waals surface area contributed by atoms with Crippen molar-refractivity contribution < 1.29 is 17.6 Å². The molecule has 0 saturated carbocycles. The van der Waals surface area contributed by atoms with Gasteiger partial charge < -0.3 is 4.90 Å². The molecular formula is C18H18ClFN2O3S. The van der Waals surface area contributed by atoms with Crippen molar-refractivity contribution >= 4 is 27.5 Å². The predicted molar refractivity (Wildman–Crippen MR) is 97.1 cm³/mol. The van der Waals surface area contributed by atoms with Crippen LogP contribution in [0.4, 0.5) is 4.39 Å². The molecule has 0 radical (unpaired) electrons. The number of amides is 1. The summed E-state index contributed by atoms with van der Waals surface area (Å²) in [5.41, 5.74) is 0.0349. The minimum atomic E-state index is -3.65. The van der Waals surface area contributed by atoms with Crippen molar-refractivity contribution in [3.05, 3.63) is 64.9 Å². The van der Waals surface area contributed by atoms with Gasteiger partial charge in [-0.3, -0.25) is 4.79 Å². The second-order valence-corrected chi connectivity index (χ2v) is 8.27. The fraction of sp³-hybridized carbons (Fsp3) is 0.278. The van der Waals surface area contributed by atoms with Crippen LogP contribution in [-0.2, 0) is 10.0 Å². The van der Waals surface area contributed by atoms with Crippen molar-refractivity contribution in [3.8, 4) is 0 Å². The van der Waals surface area contributed by atoms with E-state index in [1.807, 2.05) is 0 Å². The Morgan fingerprint density at radius 2 is 1.69 bits per heavy atom. The molecule has 0 spiro atoms. The van der Waals surface area contributed by atoms with Gasteiger partial charge in [0.25, 0.3) is 5.91 Å². The van der Waals surface area contributed by atoms with Crippen LogP contribution >= 0.6 is 11.6 Å². The first kappa shape index (κ1) is 18.8. The number of hydrogen-bond donors (Lipinski definition) is 1. The molecule has 0 aliphatic carbocycles. The fourth-order valence-corrected chi connectivity index (χ4v) is 4.34. The van der Waals surface area contributed by atoms with E-state index in [0.717, 1.165) is 0 Å². The van der Waals surface area contributed by atoms with Gasteiger partial charge >= 0.3 is 0 Å². The van der Waals surface area contributed by atoms with Gasteiger partial charge in [-0.15, -0.1) is 0 Å².